The maximum absolute atomic E-state index is 2.49. The third-order valence-electron chi connectivity index (χ3n) is 2.23. The van der Waals surface area contributed by atoms with E-state index in [1.165, 1.54) is 26.2 Å². The largest absolute Gasteiger partial charge is 0.280 e. The van der Waals surface area contributed by atoms with Crippen molar-refractivity contribution >= 4 is 0 Å². The lowest BCUT2D eigenvalue weighted by molar-refractivity contribution is -0.0436. The lowest BCUT2D eigenvalue weighted by Crippen LogP contribution is -2.57. The molecule has 0 N–H and O–H groups in total. The van der Waals surface area contributed by atoms with Crippen LogP contribution in [0.2, 0.25) is 0 Å². The Morgan fingerprint density at radius 3 is 2.10 bits per heavy atom. The summed E-state index contributed by atoms with van der Waals surface area (Å²) in [5, 5.41) is 0. The molecule has 2 fully saturated rings. The van der Waals surface area contributed by atoms with Crippen molar-refractivity contribution in [3.05, 3.63) is 0 Å². The van der Waals surface area contributed by atoms with E-state index in [1.54, 1.807) is 0 Å². The minimum atomic E-state index is 1.16. The van der Waals surface area contributed by atoms with E-state index in [0.29, 0.717) is 0 Å². The summed E-state index contributed by atoms with van der Waals surface area (Å²) in [6.07, 6.45) is 1.36. The Kier molecular flexibility index (Phi) is 1.64. The first kappa shape index (κ1) is 6.58. The molecule has 2 unspecified atom stereocenters. The predicted octanol–water partition coefficient (Wildman–Crippen LogP) is -0.188. The van der Waals surface area contributed by atoms with Crippen molar-refractivity contribution in [3.63, 3.8) is 0 Å². The van der Waals surface area contributed by atoms with E-state index >= 15 is 0 Å². The van der Waals surface area contributed by atoms with Crippen molar-refractivity contribution in [3.8, 4) is 0 Å². The maximum atomic E-state index is 2.49. The molecule has 2 rings (SSSR count). The zero-order valence-corrected chi connectivity index (χ0v) is 6.58. The molecular weight excluding hydrogens is 126 g/mol. The molecule has 2 bridgehead atoms. The normalized spacial score (nSPS) is 41.7. The second kappa shape index (κ2) is 2.49. The van der Waals surface area contributed by atoms with Gasteiger partial charge in [-0.1, -0.05) is 0 Å². The van der Waals surface area contributed by atoms with E-state index in [4.69, 9.17) is 0 Å². The number of rotatable bonds is 0. The van der Waals surface area contributed by atoms with Crippen molar-refractivity contribution in [2.24, 2.45) is 0 Å². The first-order valence-corrected chi connectivity index (χ1v) is 3.98. The van der Waals surface area contributed by atoms with Gasteiger partial charge < -0.3 is 0 Å². The molecule has 0 saturated carbocycles. The van der Waals surface area contributed by atoms with Crippen LogP contribution in [0, 0.1) is 0 Å². The van der Waals surface area contributed by atoms with Gasteiger partial charge in [-0.3, -0.25) is 14.7 Å². The van der Waals surface area contributed by atoms with Crippen LogP contribution in [0.4, 0.5) is 0 Å². The van der Waals surface area contributed by atoms with Gasteiger partial charge in [0.1, 0.15) is 0 Å². The molecule has 2 aliphatic heterocycles. The van der Waals surface area contributed by atoms with Crippen LogP contribution in [0.25, 0.3) is 0 Å². The van der Waals surface area contributed by atoms with Gasteiger partial charge in [0.15, 0.2) is 0 Å². The fourth-order valence-electron chi connectivity index (χ4n) is 1.90. The topological polar surface area (TPSA) is 9.72 Å². The number of fused-ring (bicyclic) bond motifs is 2. The van der Waals surface area contributed by atoms with Gasteiger partial charge in [0.2, 0.25) is 0 Å². The Balaban J connectivity index is 1.98. The first-order valence-electron chi connectivity index (χ1n) is 3.98. The average molecular weight is 141 g/mol. The Labute approximate surface area is 62.2 Å². The summed E-state index contributed by atoms with van der Waals surface area (Å²) < 4.78 is 0. The Hall–Kier alpha value is -0.120. The second-order valence-corrected chi connectivity index (χ2v) is 3.42. The summed E-state index contributed by atoms with van der Waals surface area (Å²) in [5.41, 5.74) is 0. The SMILES string of the molecule is CN1CN2CCCN(C1)C2. The van der Waals surface area contributed by atoms with Crippen LogP contribution >= 0.6 is 0 Å². The van der Waals surface area contributed by atoms with Gasteiger partial charge in [0, 0.05) is 13.1 Å². The van der Waals surface area contributed by atoms with Gasteiger partial charge in [-0.2, -0.15) is 0 Å². The minimum Gasteiger partial charge on any atom is -0.280 e. The molecule has 2 atom stereocenters. The quantitative estimate of drug-likeness (QED) is 0.463. The monoisotopic (exact) mass is 141 g/mol. The van der Waals surface area contributed by atoms with E-state index in [1.807, 2.05) is 0 Å². The van der Waals surface area contributed by atoms with Crippen LogP contribution in [0.5, 0.6) is 0 Å². The highest BCUT2D eigenvalue weighted by molar-refractivity contribution is 4.72. The van der Waals surface area contributed by atoms with Crippen LogP contribution in [-0.2, 0) is 0 Å². The molecule has 0 radical (unpaired) electrons. The highest BCUT2D eigenvalue weighted by atomic mass is 15.5. The number of hydrogen-bond acceptors (Lipinski definition) is 3. The van der Waals surface area contributed by atoms with Crippen LogP contribution in [0.1, 0.15) is 6.42 Å². The molecule has 2 aliphatic rings. The molecule has 0 amide bonds. The van der Waals surface area contributed by atoms with Gasteiger partial charge in [-0.15, -0.1) is 0 Å². The van der Waals surface area contributed by atoms with Gasteiger partial charge in [-0.25, -0.2) is 0 Å². The molecule has 0 aromatic heterocycles. The van der Waals surface area contributed by atoms with E-state index < -0.39 is 0 Å². The van der Waals surface area contributed by atoms with Crippen molar-refractivity contribution in [2.75, 3.05) is 40.1 Å². The van der Waals surface area contributed by atoms with Gasteiger partial charge in [-0.05, 0) is 13.5 Å². The third-order valence-corrected chi connectivity index (χ3v) is 2.23. The van der Waals surface area contributed by atoms with Crippen molar-refractivity contribution < 1.29 is 0 Å². The third kappa shape index (κ3) is 1.17. The number of nitrogens with zero attached hydrogens (tertiary/aromatic N) is 3. The van der Waals surface area contributed by atoms with E-state index in [0.717, 1.165) is 13.3 Å². The first-order chi connectivity index (χ1) is 4.84. The average Bonchev–Trinajstić information content (AvgIpc) is 1.85. The minimum absolute atomic E-state index is 1.16. The van der Waals surface area contributed by atoms with Crippen LogP contribution in [0.15, 0.2) is 0 Å². The second-order valence-electron chi connectivity index (χ2n) is 3.42. The molecule has 10 heavy (non-hydrogen) atoms. The molecule has 0 aliphatic carbocycles. The summed E-state index contributed by atoms with van der Waals surface area (Å²) in [5.74, 6) is 0. The fraction of sp³-hybridized carbons (Fsp3) is 1.00. The molecular formula is C7H15N3. The summed E-state index contributed by atoms with van der Waals surface area (Å²) in [4.78, 5) is 7.35. The Morgan fingerprint density at radius 2 is 1.50 bits per heavy atom. The highest BCUT2D eigenvalue weighted by Gasteiger charge is 2.23. The van der Waals surface area contributed by atoms with Crippen molar-refractivity contribution in [1.29, 1.82) is 0 Å². The fourth-order valence-corrected chi connectivity index (χ4v) is 1.90. The summed E-state index contributed by atoms with van der Waals surface area (Å²) in [6, 6.07) is 0. The van der Waals surface area contributed by atoms with E-state index in [9.17, 15) is 0 Å². The van der Waals surface area contributed by atoms with Crippen LogP contribution in [0.3, 0.4) is 0 Å². The molecule has 3 nitrogen and oxygen atoms in total. The van der Waals surface area contributed by atoms with Crippen LogP contribution in [-0.4, -0.2) is 54.8 Å². The highest BCUT2D eigenvalue weighted by Crippen LogP contribution is 2.11. The zero-order valence-electron chi connectivity index (χ0n) is 6.58. The molecule has 0 spiro atoms. The van der Waals surface area contributed by atoms with Gasteiger partial charge in [0.25, 0.3) is 0 Å². The standard InChI is InChI=1S/C7H15N3/c1-8-5-9-3-2-4-10(6-8)7-9/h2-7H2,1H3. The molecule has 58 valence electrons. The van der Waals surface area contributed by atoms with E-state index in [-0.39, 0.29) is 0 Å². The lowest BCUT2D eigenvalue weighted by atomic mass is 10.3. The summed E-state index contributed by atoms with van der Waals surface area (Å²) in [7, 11) is 2.18. The van der Waals surface area contributed by atoms with E-state index in [2.05, 4.69) is 21.7 Å². The number of hydrogen-bond donors (Lipinski definition) is 0. The predicted molar refractivity (Wildman–Crippen MR) is 40.4 cm³/mol. The lowest BCUT2D eigenvalue weighted by Gasteiger charge is -2.44. The van der Waals surface area contributed by atoms with Crippen LogP contribution < -0.4 is 0 Å². The van der Waals surface area contributed by atoms with Crippen molar-refractivity contribution in [2.45, 2.75) is 6.42 Å². The Bertz CT molecular complexity index is 110. The summed E-state index contributed by atoms with van der Waals surface area (Å²) >= 11 is 0. The maximum Gasteiger partial charge on any atom is 0.0530 e. The molecule has 0 aromatic rings. The molecule has 2 heterocycles. The Morgan fingerprint density at radius 1 is 0.900 bits per heavy atom. The molecule has 3 heteroatoms. The van der Waals surface area contributed by atoms with Gasteiger partial charge >= 0.3 is 0 Å². The molecule has 2 saturated heterocycles. The molecule has 0 aromatic carbocycles. The smallest absolute Gasteiger partial charge is 0.0530 e. The van der Waals surface area contributed by atoms with Gasteiger partial charge in [0.05, 0.1) is 20.0 Å². The summed E-state index contributed by atoms with van der Waals surface area (Å²) in [6.45, 7) is 6.11. The zero-order chi connectivity index (χ0) is 6.97. The van der Waals surface area contributed by atoms with Crippen molar-refractivity contribution in [1.82, 2.24) is 14.7 Å².